The summed E-state index contributed by atoms with van der Waals surface area (Å²) in [4.78, 5) is 18.6. The fourth-order valence-electron chi connectivity index (χ4n) is 1.47. The van der Waals surface area contributed by atoms with Crippen molar-refractivity contribution in [3.63, 3.8) is 0 Å². The molecule has 0 spiro atoms. The predicted molar refractivity (Wildman–Crippen MR) is 53.6 cm³/mol. The Morgan fingerprint density at radius 2 is 2.50 bits per heavy atom. The summed E-state index contributed by atoms with van der Waals surface area (Å²) in [6, 6.07) is 0.206. The molecule has 1 aromatic rings. The molecule has 1 aromatic heterocycles. The lowest BCUT2D eigenvalue weighted by atomic mass is 10.2. The lowest BCUT2D eigenvalue weighted by molar-refractivity contribution is 0.0694. The summed E-state index contributed by atoms with van der Waals surface area (Å²) in [6.07, 6.45) is 2.04. The fourth-order valence-corrected chi connectivity index (χ4v) is 1.47. The van der Waals surface area contributed by atoms with Crippen LogP contribution in [0.4, 0.5) is 0 Å². The average Bonchev–Trinajstić information content (AvgIpc) is 2.70. The zero-order valence-corrected chi connectivity index (χ0v) is 8.84. The Morgan fingerprint density at radius 3 is 3.06 bits per heavy atom. The van der Waals surface area contributed by atoms with E-state index in [0.717, 1.165) is 6.42 Å². The third-order valence-corrected chi connectivity index (χ3v) is 2.35. The maximum atomic E-state index is 10.7. The highest BCUT2D eigenvalue weighted by Gasteiger charge is 2.19. The van der Waals surface area contributed by atoms with Crippen molar-refractivity contribution < 1.29 is 19.4 Å². The summed E-state index contributed by atoms with van der Waals surface area (Å²) in [6.45, 7) is 2.82. The van der Waals surface area contributed by atoms with Crippen LogP contribution in [0.15, 0.2) is 6.20 Å². The van der Waals surface area contributed by atoms with Crippen LogP contribution < -0.4 is 4.74 Å². The fraction of sp³-hybridized carbons (Fsp3) is 0.500. The van der Waals surface area contributed by atoms with Crippen molar-refractivity contribution in [3.05, 3.63) is 17.5 Å². The lowest BCUT2D eigenvalue weighted by Gasteiger charge is -2.10. The molecule has 1 N–H and O–H groups in total. The second-order valence-corrected chi connectivity index (χ2v) is 3.56. The molecule has 0 amide bonds. The average molecular weight is 224 g/mol. The van der Waals surface area contributed by atoms with E-state index < -0.39 is 5.97 Å². The van der Waals surface area contributed by atoms with Crippen LogP contribution in [0, 0.1) is 6.92 Å². The second-order valence-electron chi connectivity index (χ2n) is 3.56. The molecular weight excluding hydrogens is 212 g/mol. The molecule has 0 aromatic carbocycles. The zero-order chi connectivity index (χ0) is 11.5. The molecule has 1 unspecified atom stereocenters. The minimum absolute atomic E-state index is 0.0323. The molecule has 0 bridgehead atoms. The van der Waals surface area contributed by atoms with Gasteiger partial charge in [0.15, 0.2) is 0 Å². The van der Waals surface area contributed by atoms with Gasteiger partial charge in [0.05, 0.1) is 24.5 Å². The number of hydrogen-bond acceptors (Lipinski definition) is 5. The molecule has 0 radical (unpaired) electrons. The van der Waals surface area contributed by atoms with Crippen LogP contribution in [0.25, 0.3) is 0 Å². The summed E-state index contributed by atoms with van der Waals surface area (Å²) in [7, 11) is 0. The Morgan fingerprint density at radius 1 is 1.69 bits per heavy atom. The Bertz CT molecular complexity index is 402. The van der Waals surface area contributed by atoms with Gasteiger partial charge < -0.3 is 14.6 Å². The highest BCUT2D eigenvalue weighted by Crippen LogP contribution is 2.14. The van der Waals surface area contributed by atoms with Gasteiger partial charge in [-0.1, -0.05) is 0 Å². The molecule has 1 aliphatic rings. The van der Waals surface area contributed by atoms with Gasteiger partial charge in [0, 0.05) is 12.6 Å². The van der Waals surface area contributed by atoms with E-state index >= 15 is 0 Å². The normalized spacial score (nSPS) is 19.7. The van der Waals surface area contributed by atoms with Gasteiger partial charge in [-0.25, -0.2) is 9.78 Å². The first-order chi connectivity index (χ1) is 7.66. The number of ether oxygens (including phenoxy) is 2. The van der Waals surface area contributed by atoms with Crippen LogP contribution in [0.5, 0.6) is 6.01 Å². The van der Waals surface area contributed by atoms with Crippen LogP contribution in [-0.2, 0) is 4.74 Å². The number of hydrogen-bond donors (Lipinski definition) is 1. The molecule has 0 aliphatic carbocycles. The number of aromatic nitrogens is 2. The third kappa shape index (κ3) is 2.27. The summed E-state index contributed by atoms with van der Waals surface area (Å²) >= 11 is 0. The van der Waals surface area contributed by atoms with E-state index in [4.69, 9.17) is 14.6 Å². The molecular formula is C10H12N2O4. The van der Waals surface area contributed by atoms with E-state index in [1.165, 1.54) is 6.20 Å². The molecule has 2 heterocycles. The summed E-state index contributed by atoms with van der Waals surface area (Å²) in [5.41, 5.74) is 0.492. The highest BCUT2D eigenvalue weighted by molar-refractivity contribution is 5.88. The zero-order valence-electron chi connectivity index (χ0n) is 8.84. The van der Waals surface area contributed by atoms with Crippen molar-refractivity contribution in [2.45, 2.75) is 19.4 Å². The van der Waals surface area contributed by atoms with E-state index in [9.17, 15) is 4.79 Å². The first kappa shape index (κ1) is 10.8. The predicted octanol–water partition coefficient (Wildman–Crippen LogP) is 0.651. The SMILES string of the molecule is Cc1nc(OC2CCOC2)ncc1C(=O)O. The molecule has 6 heteroatoms. The number of aryl methyl sites for hydroxylation is 1. The maximum Gasteiger partial charge on any atom is 0.339 e. The van der Waals surface area contributed by atoms with Crippen LogP contribution in [0.2, 0.25) is 0 Å². The van der Waals surface area contributed by atoms with Gasteiger partial charge >= 0.3 is 12.0 Å². The molecule has 1 saturated heterocycles. The van der Waals surface area contributed by atoms with Crippen LogP contribution in [-0.4, -0.2) is 40.4 Å². The first-order valence-electron chi connectivity index (χ1n) is 4.98. The van der Waals surface area contributed by atoms with Crippen LogP contribution >= 0.6 is 0 Å². The second kappa shape index (κ2) is 4.44. The molecule has 0 saturated carbocycles. The highest BCUT2D eigenvalue weighted by atomic mass is 16.6. The van der Waals surface area contributed by atoms with Gasteiger partial charge in [-0.15, -0.1) is 0 Å². The Kier molecular flexibility index (Phi) is 3.00. The number of carboxylic acid groups (broad SMARTS) is 1. The van der Waals surface area contributed by atoms with Crippen molar-refractivity contribution in [2.75, 3.05) is 13.2 Å². The number of aromatic carboxylic acids is 1. The van der Waals surface area contributed by atoms with E-state index in [-0.39, 0.29) is 17.7 Å². The van der Waals surface area contributed by atoms with Gasteiger partial charge in [-0.05, 0) is 6.92 Å². The van der Waals surface area contributed by atoms with Crippen molar-refractivity contribution in [2.24, 2.45) is 0 Å². The Labute approximate surface area is 92.2 Å². The topological polar surface area (TPSA) is 81.5 Å². The van der Waals surface area contributed by atoms with Crippen molar-refractivity contribution in [1.82, 2.24) is 9.97 Å². The van der Waals surface area contributed by atoms with Gasteiger partial charge in [-0.2, -0.15) is 4.98 Å². The number of nitrogens with zero attached hydrogens (tertiary/aromatic N) is 2. The summed E-state index contributed by atoms with van der Waals surface area (Å²) in [5, 5.41) is 8.80. The van der Waals surface area contributed by atoms with Gasteiger partial charge in [0.25, 0.3) is 0 Å². The molecule has 2 rings (SSSR count). The van der Waals surface area contributed by atoms with Gasteiger partial charge in [-0.3, -0.25) is 0 Å². The van der Waals surface area contributed by atoms with Crippen molar-refractivity contribution in [3.8, 4) is 6.01 Å². The van der Waals surface area contributed by atoms with E-state index in [1.54, 1.807) is 6.92 Å². The molecule has 16 heavy (non-hydrogen) atoms. The Hall–Kier alpha value is -1.69. The molecule has 1 atom stereocenters. The first-order valence-corrected chi connectivity index (χ1v) is 4.98. The van der Waals surface area contributed by atoms with Crippen LogP contribution in [0.3, 0.4) is 0 Å². The molecule has 1 fully saturated rings. The van der Waals surface area contributed by atoms with Crippen molar-refractivity contribution >= 4 is 5.97 Å². The lowest BCUT2D eigenvalue weighted by Crippen LogP contribution is -2.18. The van der Waals surface area contributed by atoms with E-state index in [2.05, 4.69) is 9.97 Å². The standard InChI is InChI=1S/C10H12N2O4/c1-6-8(9(13)14)4-11-10(12-6)16-7-2-3-15-5-7/h4,7H,2-3,5H2,1H3,(H,13,14). The van der Waals surface area contributed by atoms with Crippen LogP contribution in [0.1, 0.15) is 22.5 Å². The molecule has 86 valence electrons. The van der Waals surface area contributed by atoms with Gasteiger partial charge in [0.1, 0.15) is 6.10 Å². The van der Waals surface area contributed by atoms with E-state index in [1.807, 2.05) is 0 Å². The van der Waals surface area contributed by atoms with Crippen molar-refractivity contribution in [1.29, 1.82) is 0 Å². The minimum Gasteiger partial charge on any atom is -0.478 e. The van der Waals surface area contributed by atoms with E-state index in [0.29, 0.717) is 18.9 Å². The monoisotopic (exact) mass is 224 g/mol. The van der Waals surface area contributed by atoms with Gasteiger partial charge in [0.2, 0.25) is 0 Å². The minimum atomic E-state index is -1.03. The Balaban J connectivity index is 2.11. The maximum absolute atomic E-state index is 10.7. The third-order valence-electron chi connectivity index (χ3n) is 2.35. The quantitative estimate of drug-likeness (QED) is 0.811. The molecule has 6 nitrogen and oxygen atoms in total. The number of rotatable bonds is 3. The smallest absolute Gasteiger partial charge is 0.339 e. The largest absolute Gasteiger partial charge is 0.478 e. The summed E-state index contributed by atoms with van der Waals surface area (Å²) < 4.78 is 10.6. The summed E-state index contributed by atoms with van der Waals surface area (Å²) in [5.74, 6) is -1.03. The molecule has 1 aliphatic heterocycles. The number of carbonyl (C=O) groups is 1. The number of carboxylic acids is 1.